The molecular weight excluding hydrogens is 238 g/mol. The summed E-state index contributed by atoms with van der Waals surface area (Å²) in [7, 11) is 1.27. The van der Waals surface area contributed by atoms with Crippen LogP contribution in [0.5, 0.6) is 0 Å². The summed E-state index contributed by atoms with van der Waals surface area (Å²) >= 11 is 0. The first kappa shape index (κ1) is 11.8. The summed E-state index contributed by atoms with van der Waals surface area (Å²) in [5, 5.41) is 10.5. The molecule has 18 heavy (non-hydrogen) atoms. The number of ether oxygens (including phenoxy) is 1. The van der Waals surface area contributed by atoms with Crippen LogP contribution < -0.4 is 0 Å². The van der Waals surface area contributed by atoms with E-state index < -0.39 is 10.9 Å². The molecule has 0 N–H and O–H groups in total. The Hall–Kier alpha value is -2.63. The number of non-ortho nitro benzene ring substituents is 1. The van der Waals surface area contributed by atoms with Crippen LogP contribution in [0.4, 0.5) is 5.69 Å². The van der Waals surface area contributed by atoms with E-state index in [1.54, 1.807) is 0 Å². The van der Waals surface area contributed by atoms with Gasteiger partial charge in [-0.3, -0.25) is 10.1 Å². The largest absolute Gasteiger partial charge is 0.465 e. The topological polar surface area (TPSA) is 82.6 Å². The number of furan rings is 1. The summed E-state index contributed by atoms with van der Waals surface area (Å²) in [6.07, 6.45) is 1.36. The number of nitro benzene ring substituents is 1. The van der Waals surface area contributed by atoms with E-state index in [-0.39, 0.29) is 11.3 Å². The molecule has 1 heterocycles. The lowest BCUT2D eigenvalue weighted by Gasteiger charge is -2.01. The summed E-state index contributed by atoms with van der Waals surface area (Å²) in [6, 6.07) is 7.22. The maximum Gasteiger partial charge on any atom is 0.341 e. The second kappa shape index (κ2) is 4.70. The SMILES string of the molecule is COC(=O)c1ccoc1-c1ccc([N+](=O)[O-])cc1. The number of nitrogens with zero attached hydrogens (tertiary/aromatic N) is 1. The van der Waals surface area contributed by atoms with E-state index in [4.69, 9.17) is 4.42 Å². The highest BCUT2D eigenvalue weighted by molar-refractivity contribution is 5.95. The van der Waals surface area contributed by atoms with E-state index in [0.29, 0.717) is 11.3 Å². The number of carbonyl (C=O) groups is 1. The summed E-state index contributed by atoms with van der Waals surface area (Å²) in [5.74, 6) is -0.186. The molecule has 0 unspecified atom stereocenters. The number of esters is 1. The number of hydrogen-bond donors (Lipinski definition) is 0. The third kappa shape index (κ3) is 2.08. The molecule has 0 amide bonds. The minimum Gasteiger partial charge on any atom is -0.465 e. The van der Waals surface area contributed by atoms with E-state index in [2.05, 4.69) is 4.74 Å². The van der Waals surface area contributed by atoms with Gasteiger partial charge in [-0.1, -0.05) is 0 Å². The van der Waals surface area contributed by atoms with E-state index in [1.165, 1.54) is 43.7 Å². The van der Waals surface area contributed by atoms with Gasteiger partial charge in [0.1, 0.15) is 11.3 Å². The maximum atomic E-state index is 11.5. The van der Waals surface area contributed by atoms with Gasteiger partial charge in [0.15, 0.2) is 0 Å². The summed E-state index contributed by atoms with van der Waals surface area (Å²) in [6.45, 7) is 0. The van der Waals surface area contributed by atoms with Crippen molar-refractivity contribution in [1.29, 1.82) is 0 Å². The van der Waals surface area contributed by atoms with Crippen LogP contribution in [-0.2, 0) is 4.74 Å². The molecule has 2 rings (SSSR count). The van der Waals surface area contributed by atoms with Gasteiger partial charge in [-0.05, 0) is 18.2 Å². The average Bonchev–Trinajstić information content (AvgIpc) is 2.87. The van der Waals surface area contributed by atoms with Crippen LogP contribution in [-0.4, -0.2) is 18.0 Å². The molecule has 0 spiro atoms. The lowest BCUT2D eigenvalue weighted by Crippen LogP contribution is -2.00. The molecule has 0 saturated carbocycles. The van der Waals surface area contributed by atoms with Gasteiger partial charge in [0, 0.05) is 17.7 Å². The molecular formula is C12H9NO5. The van der Waals surface area contributed by atoms with Crippen molar-refractivity contribution in [2.24, 2.45) is 0 Å². The molecule has 0 radical (unpaired) electrons. The molecule has 1 aromatic carbocycles. The number of rotatable bonds is 3. The molecule has 1 aromatic heterocycles. The highest BCUT2D eigenvalue weighted by Gasteiger charge is 2.17. The van der Waals surface area contributed by atoms with Crippen molar-refractivity contribution >= 4 is 11.7 Å². The molecule has 2 aromatic rings. The minimum atomic E-state index is -0.517. The fourth-order valence-electron chi connectivity index (χ4n) is 1.54. The van der Waals surface area contributed by atoms with E-state index in [1.807, 2.05) is 0 Å². The third-order valence-corrected chi connectivity index (χ3v) is 2.41. The van der Waals surface area contributed by atoms with Gasteiger partial charge in [-0.2, -0.15) is 0 Å². The van der Waals surface area contributed by atoms with Crippen LogP contribution in [0.2, 0.25) is 0 Å². The molecule has 0 aliphatic rings. The summed E-state index contributed by atoms with van der Waals surface area (Å²) < 4.78 is 9.81. The Bertz CT molecular complexity index is 585. The van der Waals surface area contributed by atoms with Gasteiger partial charge in [-0.15, -0.1) is 0 Å². The molecule has 6 nitrogen and oxygen atoms in total. The Kier molecular flexibility index (Phi) is 3.09. The van der Waals surface area contributed by atoms with Crippen molar-refractivity contribution in [2.75, 3.05) is 7.11 Å². The number of nitro groups is 1. The molecule has 0 atom stereocenters. The predicted molar refractivity (Wildman–Crippen MR) is 62.1 cm³/mol. The smallest absolute Gasteiger partial charge is 0.341 e. The molecule has 0 aliphatic heterocycles. The number of methoxy groups -OCH3 is 1. The predicted octanol–water partition coefficient (Wildman–Crippen LogP) is 2.64. The zero-order valence-corrected chi connectivity index (χ0v) is 9.45. The Morgan fingerprint density at radius 1 is 1.28 bits per heavy atom. The number of benzene rings is 1. The lowest BCUT2D eigenvalue weighted by molar-refractivity contribution is -0.384. The average molecular weight is 247 g/mol. The first-order chi connectivity index (χ1) is 8.63. The van der Waals surface area contributed by atoms with Crippen LogP contribution >= 0.6 is 0 Å². The van der Waals surface area contributed by atoms with Crippen LogP contribution in [0.1, 0.15) is 10.4 Å². The van der Waals surface area contributed by atoms with Gasteiger partial charge in [-0.25, -0.2) is 4.79 Å². The van der Waals surface area contributed by atoms with Crippen LogP contribution in [0.25, 0.3) is 11.3 Å². The molecule has 6 heteroatoms. The first-order valence-electron chi connectivity index (χ1n) is 5.04. The second-order valence-corrected chi connectivity index (χ2v) is 3.46. The van der Waals surface area contributed by atoms with Crippen molar-refractivity contribution in [3.8, 4) is 11.3 Å². The summed E-state index contributed by atoms with van der Waals surface area (Å²) in [4.78, 5) is 21.5. The highest BCUT2D eigenvalue weighted by Crippen LogP contribution is 2.27. The maximum absolute atomic E-state index is 11.5. The van der Waals surface area contributed by atoms with Crippen molar-refractivity contribution in [2.45, 2.75) is 0 Å². The van der Waals surface area contributed by atoms with Gasteiger partial charge < -0.3 is 9.15 Å². The number of carbonyl (C=O) groups excluding carboxylic acids is 1. The van der Waals surface area contributed by atoms with E-state index >= 15 is 0 Å². The van der Waals surface area contributed by atoms with Crippen LogP contribution in [0, 0.1) is 10.1 Å². The minimum absolute atomic E-state index is 0.0232. The van der Waals surface area contributed by atoms with Gasteiger partial charge in [0.2, 0.25) is 0 Å². The molecule has 0 bridgehead atoms. The molecule has 0 fully saturated rings. The Balaban J connectivity index is 2.40. The Morgan fingerprint density at radius 2 is 1.94 bits per heavy atom. The van der Waals surface area contributed by atoms with E-state index in [0.717, 1.165) is 0 Å². The fourth-order valence-corrected chi connectivity index (χ4v) is 1.54. The number of hydrogen-bond acceptors (Lipinski definition) is 5. The lowest BCUT2D eigenvalue weighted by atomic mass is 10.1. The Labute approximate surface area is 102 Å². The highest BCUT2D eigenvalue weighted by atomic mass is 16.6. The Morgan fingerprint density at radius 3 is 2.50 bits per heavy atom. The van der Waals surface area contributed by atoms with E-state index in [9.17, 15) is 14.9 Å². The van der Waals surface area contributed by atoms with Crippen molar-refractivity contribution in [1.82, 2.24) is 0 Å². The molecule has 0 saturated heterocycles. The van der Waals surface area contributed by atoms with Crippen LogP contribution in [0.3, 0.4) is 0 Å². The normalized spacial score (nSPS) is 10.1. The van der Waals surface area contributed by atoms with Crippen molar-refractivity contribution in [3.63, 3.8) is 0 Å². The zero-order valence-electron chi connectivity index (χ0n) is 9.45. The fraction of sp³-hybridized carbons (Fsp3) is 0.0833. The third-order valence-electron chi connectivity index (χ3n) is 2.41. The standard InChI is InChI=1S/C12H9NO5/c1-17-12(14)10-6-7-18-11(10)8-2-4-9(5-3-8)13(15)16/h2-7H,1H3. The quantitative estimate of drug-likeness (QED) is 0.473. The van der Waals surface area contributed by atoms with Gasteiger partial charge >= 0.3 is 5.97 Å². The molecule has 92 valence electrons. The van der Waals surface area contributed by atoms with Crippen molar-refractivity contribution < 1.29 is 18.9 Å². The second-order valence-electron chi connectivity index (χ2n) is 3.46. The van der Waals surface area contributed by atoms with Gasteiger partial charge in [0.25, 0.3) is 5.69 Å². The molecule has 0 aliphatic carbocycles. The van der Waals surface area contributed by atoms with Crippen LogP contribution in [0.15, 0.2) is 41.0 Å². The monoisotopic (exact) mass is 247 g/mol. The summed E-state index contributed by atoms with van der Waals surface area (Å²) in [5.41, 5.74) is 0.835. The van der Waals surface area contributed by atoms with Crippen molar-refractivity contribution in [3.05, 3.63) is 52.3 Å². The van der Waals surface area contributed by atoms with Gasteiger partial charge in [0.05, 0.1) is 18.3 Å². The first-order valence-corrected chi connectivity index (χ1v) is 5.04. The zero-order chi connectivity index (χ0) is 13.1.